The van der Waals surface area contributed by atoms with Crippen LogP contribution in [-0.2, 0) is 6.61 Å². The van der Waals surface area contributed by atoms with Gasteiger partial charge in [0.15, 0.2) is 0 Å². The van der Waals surface area contributed by atoms with E-state index < -0.39 is 6.10 Å². The van der Waals surface area contributed by atoms with Gasteiger partial charge in [0, 0.05) is 12.6 Å². The molecule has 0 aliphatic heterocycles. The minimum Gasteiger partial charge on any atom is -0.506 e. The van der Waals surface area contributed by atoms with Gasteiger partial charge in [-0.05, 0) is 12.1 Å². The SMILES string of the molecule is CC(C)NCC(O)c1ccc(O)c(CO)n1. The normalized spacial score (nSPS) is 13.1. The highest BCUT2D eigenvalue weighted by molar-refractivity contribution is 5.28. The van der Waals surface area contributed by atoms with Gasteiger partial charge in [-0.3, -0.25) is 0 Å². The van der Waals surface area contributed by atoms with Crippen LogP contribution in [0.5, 0.6) is 5.75 Å². The Morgan fingerprint density at radius 2 is 2.06 bits per heavy atom. The highest BCUT2D eigenvalue weighted by atomic mass is 16.3. The minimum absolute atomic E-state index is 0.0599. The number of aliphatic hydroxyl groups excluding tert-OH is 2. The van der Waals surface area contributed by atoms with Gasteiger partial charge >= 0.3 is 0 Å². The monoisotopic (exact) mass is 226 g/mol. The fraction of sp³-hybridized carbons (Fsp3) is 0.545. The average molecular weight is 226 g/mol. The standard InChI is InChI=1S/C11H18N2O3/c1-7(2)12-5-11(16)8-3-4-10(15)9(6-14)13-8/h3-4,7,11-12,14-16H,5-6H2,1-2H3. The summed E-state index contributed by atoms with van der Waals surface area (Å²) >= 11 is 0. The Kier molecular flexibility index (Phi) is 4.67. The van der Waals surface area contributed by atoms with Crippen LogP contribution < -0.4 is 5.32 Å². The van der Waals surface area contributed by atoms with Gasteiger partial charge < -0.3 is 20.6 Å². The second-order valence-electron chi connectivity index (χ2n) is 3.94. The molecule has 16 heavy (non-hydrogen) atoms. The molecule has 0 aliphatic rings. The van der Waals surface area contributed by atoms with E-state index in [-0.39, 0.29) is 24.1 Å². The van der Waals surface area contributed by atoms with E-state index in [2.05, 4.69) is 10.3 Å². The molecule has 90 valence electrons. The lowest BCUT2D eigenvalue weighted by molar-refractivity contribution is 0.165. The average Bonchev–Trinajstić information content (AvgIpc) is 2.26. The molecular weight excluding hydrogens is 208 g/mol. The summed E-state index contributed by atoms with van der Waals surface area (Å²) in [6, 6.07) is 3.25. The quantitative estimate of drug-likeness (QED) is 0.580. The van der Waals surface area contributed by atoms with Crippen molar-refractivity contribution in [2.45, 2.75) is 32.6 Å². The van der Waals surface area contributed by atoms with Gasteiger partial charge in [-0.2, -0.15) is 0 Å². The molecule has 0 aliphatic carbocycles. The van der Waals surface area contributed by atoms with Gasteiger partial charge in [0.2, 0.25) is 0 Å². The number of nitrogens with one attached hydrogen (secondary N) is 1. The van der Waals surface area contributed by atoms with E-state index in [0.29, 0.717) is 12.2 Å². The lowest BCUT2D eigenvalue weighted by Gasteiger charge is -2.14. The van der Waals surface area contributed by atoms with Gasteiger partial charge in [-0.15, -0.1) is 0 Å². The third-order valence-electron chi connectivity index (χ3n) is 2.18. The van der Waals surface area contributed by atoms with E-state index in [1.165, 1.54) is 6.07 Å². The molecule has 5 heteroatoms. The highest BCUT2D eigenvalue weighted by Gasteiger charge is 2.11. The number of rotatable bonds is 5. The fourth-order valence-corrected chi connectivity index (χ4v) is 1.26. The first kappa shape index (κ1) is 12.9. The summed E-state index contributed by atoms with van der Waals surface area (Å²) in [6.45, 7) is 4.01. The van der Waals surface area contributed by atoms with E-state index in [4.69, 9.17) is 5.11 Å². The summed E-state index contributed by atoms with van der Waals surface area (Å²) < 4.78 is 0. The molecular formula is C11H18N2O3. The molecule has 1 heterocycles. The smallest absolute Gasteiger partial charge is 0.139 e. The van der Waals surface area contributed by atoms with Gasteiger partial charge in [0.1, 0.15) is 17.5 Å². The van der Waals surface area contributed by atoms with Crippen molar-refractivity contribution in [2.24, 2.45) is 0 Å². The number of aromatic hydroxyl groups is 1. The molecule has 0 saturated carbocycles. The number of nitrogens with zero attached hydrogens (tertiary/aromatic N) is 1. The van der Waals surface area contributed by atoms with Crippen LogP contribution in [-0.4, -0.2) is 32.9 Å². The molecule has 0 fully saturated rings. The van der Waals surface area contributed by atoms with Crippen LogP contribution >= 0.6 is 0 Å². The molecule has 0 bridgehead atoms. The van der Waals surface area contributed by atoms with E-state index in [9.17, 15) is 10.2 Å². The zero-order chi connectivity index (χ0) is 12.1. The molecule has 0 radical (unpaired) electrons. The fourth-order valence-electron chi connectivity index (χ4n) is 1.26. The zero-order valence-corrected chi connectivity index (χ0v) is 9.51. The Balaban J connectivity index is 2.72. The van der Waals surface area contributed by atoms with Crippen molar-refractivity contribution >= 4 is 0 Å². The van der Waals surface area contributed by atoms with Crippen LogP contribution in [0.3, 0.4) is 0 Å². The highest BCUT2D eigenvalue weighted by Crippen LogP contribution is 2.18. The van der Waals surface area contributed by atoms with Gasteiger partial charge in [-0.25, -0.2) is 4.98 Å². The van der Waals surface area contributed by atoms with Crippen molar-refractivity contribution < 1.29 is 15.3 Å². The zero-order valence-electron chi connectivity index (χ0n) is 9.51. The summed E-state index contributed by atoms with van der Waals surface area (Å²) in [7, 11) is 0. The maximum absolute atomic E-state index is 9.79. The van der Waals surface area contributed by atoms with Gasteiger partial charge in [-0.1, -0.05) is 13.8 Å². The topological polar surface area (TPSA) is 85.6 Å². The van der Waals surface area contributed by atoms with E-state index >= 15 is 0 Å². The minimum atomic E-state index is -0.742. The van der Waals surface area contributed by atoms with Crippen LogP contribution in [0.4, 0.5) is 0 Å². The summed E-state index contributed by atoms with van der Waals surface area (Å²) in [6.07, 6.45) is -0.742. The third-order valence-corrected chi connectivity index (χ3v) is 2.18. The number of hydrogen-bond donors (Lipinski definition) is 4. The van der Waals surface area contributed by atoms with Crippen molar-refractivity contribution in [3.63, 3.8) is 0 Å². The number of aromatic nitrogens is 1. The van der Waals surface area contributed by atoms with Crippen LogP contribution in [0.25, 0.3) is 0 Å². The van der Waals surface area contributed by atoms with Crippen LogP contribution in [0.15, 0.2) is 12.1 Å². The first-order valence-corrected chi connectivity index (χ1v) is 5.25. The molecule has 1 aromatic rings. The lowest BCUT2D eigenvalue weighted by Crippen LogP contribution is -2.28. The van der Waals surface area contributed by atoms with E-state index in [1.54, 1.807) is 6.07 Å². The van der Waals surface area contributed by atoms with Crippen molar-refractivity contribution in [2.75, 3.05) is 6.54 Å². The lowest BCUT2D eigenvalue weighted by atomic mass is 10.2. The van der Waals surface area contributed by atoms with Crippen LogP contribution in [0.2, 0.25) is 0 Å². The Morgan fingerprint density at radius 3 is 2.62 bits per heavy atom. The van der Waals surface area contributed by atoms with Crippen molar-refractivity contribution in [1.82, 2.24) is 10.3 Å². The van der Waals surface area contributed by atoms with Crippen molar-refractivity contribution in [3.8, 4) is 5.75 Å². The van der Waals surface area contributed by atoms with Gasteiger partial charge in [0.05, 0.1) is 12.3 Å². The van der Waals surface area contributed by atoms with E-state index in [0.717, 1.165) is 0 Å². The molecule has 1 rings (SSSR count). The second kappa shape index (κ2) is 5.79. The van der Waals surface area contributed by atoms with Gasteiger partial charge in [0.25, 0.3) is 0 Å². The molecule has 5 nitrogen and oxygen atoms in total. The molecule has 1 aromatic heterocycles. The Hall–Kier alpha value is -1.17. The summed E-state index contributed by atoms with van der Waals surface area (Å²) in [5.41, 5.74) is 0.621. The first-order chi connectivity index (χ1) is 7.54. The third kappa shape index (κ3) is 3.44. The first-order valence-electron chi connectivity index (χ1n) is 5.25. The molecule has 1 atom stereocenters. The largest absolute Gasteiger partial charge is 0.506 e. The summed E-state index contributed by atoms with van der Waals surface area (Å²) in [5.74, 6) is -0.0599. The maximum atomic E-state index is 9.79. The number of hydrogen-bond acceptors (Lipinski definition) is 5. The summed E-state index contributed by atoms with van der Waals surface area (Å²) in [5, 5.41) is 31.1. The van der Waals surface area contributed by atoms with E-state index in [1.807, 2.05) is 13.8 Å². The second-order valence-corrected chi connectivity index (χ2v) is 3.94. The molecule has 0 saturated heterocycles. The molecule has 0 aromatic carbocycles. The number of aliphatic hydroxyl groups is 2. The Labute approximate surface area is 94.8 Å². The van der Waals surface area contributed by atoms with Crippen LogP contribution in [0.1, 0.15) is 31.3 Å². The Morgan fingerprint density at radius 1 is 1.38 bits per heavy atom. The number of pyridine rings is 1. The molecule has 0 amide bonds. The van der Waals surface area contributed by atoms with Crippen molar-refractivity contribution in [3.05, 3.63) is 23.5 Å². The molecule has 4 N–H and O–H groups in total. The Bertz CT molecular complexity index is 342. The van der Waals surface area contributed by atoms with Crippen LogP contribution in [0, 0.1) is 0 Å². The molecule has 0 spiro atoms. The predicted molar refractivity (Wildman–Crippen MR) is 59.9 cm³/mol. The molecule has 1 unspecified atom stereocenters. The maximum Gasteiger partial charge on any atom is 0.139 e. The van der Waals surface area contributed by atoms with Crippen molar-refractivity contribution in [1.29, 1.82) is 0 Å². The predicted octanol–water partition coefficient (Wildman–Crippen LogP) is 0.311. The summed E-state index contributed by atoms with van der Waals surface area (Å²) in [4.78, 5) is 3.98.